The standard InChI is InChI=1S/C32H37F3N6O2/c1-21(24-7-6-8-24)37-29-19-41(18-23-11-13-25(14-12-23)32(33,34)35)31(39-22(2)38-30(20-42)40-29)28-17-27(15-16-36-28)43-26-9-4-3-5-10-26/h11-17,19-21,24,26,37H,3-10,18H2,1-2H3/t21-/m1/s1. The number of anilines is 1. The first kappa shape index (κ1) is 30.4. The third-order valence-electron chi connectivity index (χ3n) is 8.12. The number of aromatic nitrogens is 5. The van der Waals surface area contributed by atoms with E-state index in [1.807, 2.05) is 12.1 Å². The SMILES string of the molecule is Cc1nc(C=O)nc(N[C@H](C)C2CCC2)cn(Cc2ccc(C(F)(F)F)cc2)c(-c2cc(OC3CCCCC3)ccn2)n1. The van der Waals surface area contributed by atoms with E-state index in [1.54, 1.807) is 23.9 Å². The molecule has 1 aromatic carbocycles. The number of hydrogen-bond donors (Lipinski definition) is 1. The Kier molecular flexibility index (Phi) is 9.57. The van der Waals surface area contributed by atoms with Crippen LogP contribution in [0.25, 0.3) is 11.5 Å². The van der Waals surface area contributed by atoms with Crippen molar-refractivity contribution in [1.82, 2.24) is 24.5 Å². The number of ether oxygens (including phenoxy) is 1. The van der Waals surface area contributed by atoms with Crippen molar-refractivity contribution < 1.29 is 22.7 Å². The second kappa shape index (κ2) is 13.5. The van der Waals surface area contributed by atoms with Crippen molar-refractivity contribution >= 4 is 12.1 Å². The van der Waals surface area contributed by atoms with Gasteiger partial charge in [0.05, 0.1) is 11.7 Å². The Bertz CT molecular complexity index is 1460. The van der Waals surface area contributed by atoms with Crippen LogP contribution >= 0.6 is 0 Å². The van der Waals surface area contributed by atoms with Crippen molar-refractivity contribution in [3.05, 3.63) is 71.6 Å². The zero-order valence-electron chi connectivity index (χ0n) is 24.5. The molecule has 3 aromatic rings. The highest BCUT2D eigenvalue weighted by Crippen LogP contribution is 2.32. The maximum Gasteiger partial charge on any atom is 0.416 e. The zero-order valence-corrected chi connectivity index (χ0v) is 24.5. The molecule has 2 fully saturated rings. The minimum Gasteiger partial charge on any atom is -0.490 e. The molecule has 228 valence electrons. The molecule has 0 amide bonds. The van der Waals surface area contributed by atoms with Crippen LogP contribution in [0.3, 0.4) is 0 Å². The molecule has 0 spiro atoms. The summed E-state index contributed by atoms with van der Waals surface area (Å²) < 4.78 is 47.9. The van der Waals surface area contributed by atoms with E-state index in [-0.39, 0.29) is 30.3 Å². The number of aryl methyl sites for hydroxylation is 1. The second-order valence-corrected chi connectivity index (χ2v) is 11.4. The van der Waals surface area contributed by atoms with Crippen molar-refractivity contribution in [2.45, 2.75) is 90.1 Å². The van der Waals surface area contributed by atoms with E-state index in [4.69, 9.17) is 9.72 Å². The van der Waals surface area contributed by atoms with Gasteiger partial charge in [-0.25, -0.2) is 15.0 Å². The molecule has 0 aliphatic heterocycles. The van der Waals surface area contributed by atoms with Crippen molar-refractivity contribution in [1.29, 1.82) is 0 Å². The monoisotopic (exact) mass is 594 g/mol. The van der Waals surface area contributed by atoms with E-state index >= 15 is 0 Å². The first-order valence-electron chi connectivity index (χ1n) is 14.9. The molecule has 0 radical (unpaired) electrons. The maximum atomic E-state index is 13.3. The number of benzene rings is 1. The molecule has 2 aromatic heterocycles. The van der Waals surface area contributed by atoms with E-state index in [0.29, 0.717) is 40.9 Å². The Morgan fingerprint density at radius 2 is 1.77 bits per heavy atom. The van der Waals surface area contributed by atoms with Crippen LogP contribution in [0.5, 0.6) is 5.75 Å². The summed E-state index contributed by atoms with van der Waals surface area (Å²) in [4.78, 5) is 30.1. The Hall–Kier alpha value is -4.02. The molecule has 11 heteroatoms. The van der Waals surface area contributed by atoms with Crippen LogP contribution in [0.4, 0.5) is 19.0 Å². The first-order valence-corrected chi connectivity index (χ1v) is 14.9. The molecule has 8 nitrogen and oxygen atoms in total. The van der Waals surface area contributed by atoms with E-state index in [0.717, 1.165) is 50.7 Å². The Labute approximate surface area is 249 Å². The van der Waals surface area contributed by atoms with Crippen LogP contribution in [-0.2, 0) is 12.7 Å². The largest absolute Gasteiger partial charge is 0.490 e. The summed E-state index contributed by atoms with van der Waals surface area (Å²) in [6.07, 6.45) is 8.47. The topological polar surface area (TPSA) is 94.8 Å². The molecular weight excluding hydrogens is 557 g/mol. The third kappa shape index (κ3) is 8.09. The number of rotatable bonds is 9. The number of aldehydes is 1. The number of carbonyl (C=O) groups excluding carboxylic acids is 1. The summed E-state index contributed by atoms with van der Waals surface area (Å²) >= 11 is 0. The molecule has 1 N–H and O–H groups in total. The summed E-state index contributed by atoms with van der Waals surface area (Å²) in [7, 11) is 0. The highest BCUT2D eigenvalue weighted by Gasteiger charge is 2.30. The molecule has 0 bridgehead atoms. The molecule has 0 saturated heterocycles. The summed E-state index contributed by atoms with van der Waals surface area (Å²) in [5, 5.41) is 3.43. The predicted octanol–water partition coefficient (Wildman–Crippen LogP) is 7.36. The van der Waals surface area contributed by atoms with Gasteiger partial charge in [-0.05, 0) is 82.1 Å². The van der Waals surface area contributed by atoms with Gasteiger partial charge in [0.25, 0.3) is 0 Å². The van der Waals surface area contributed by atoms with Gasteiger partial charge in [-0.3, -0.25) is 9.78 Å². The number of carbonyl (C=O) groups is 1. The van der Waals surface area contributed by atoms with Crippen LogP contribution in [0.15, 0.2) is 48.8 Å². The Balaban J connectivity index is 1.62. The van der Waals surface area contributed by atoms with Crippen molar-refractivity contribution in [2.75, 3.05) is 5.32 Å². The number of pyridine rings is 1. The predicted molar refractivity (Wildman–Crippen MR) is 157 cm³/mol. The molecule has 5 rings (SSSR count). The lowest BCUT2D eigenvalue weighted by Crippen LogP contribution is -2.31. The molecular formula is C32H37F3N6O2. The minimum absolute atomic E-state index is 0.0427. The first-order chi connectivity index (χ1) is 20.7. The van der Waals surface area contributed by atoms with Gasteiger partial charge in [-0.1, -0.05) is 25.0 Å². The lowest BCUT2D eigenvalue weighted by atomic mass is 9.80. The molecule has 2 aliphatic rings. The summed E-state index contributed by atoms with van der Waals surface area (Å²) in [6.45, 7) is 3.90. The van der Waals surface area contributed by atoms with E-state index in [9.17, 15) is 18.0 Å². The molecule has 1 atom stereocenters. The third-order valence-corrected chi connectivity index (χ3v) is 8.12. The van der Waals surface area contributed by atoms with Gasteiger partial charge in [-0.2, -0.15) is 13.2 Å². The Morgan fingerprint density at radius 1 is 1.02 bits per heavy atom. The van der Waals surface area contributed by atoms with Crippen LogP contribution in [0.1, 0.15) is 85.9 Å². The van der Waals surface area contributed by atoms with Gasteiger partial charge in [-0.15, -0.1) is 0 Å². The van der Waals surface area contributed by atoms with Crippen molar-refractivity contribution in [3.63, 3.8) is 0 Å². The number of halogens is 3. The highest BCUT2D eigenvalue weighted by atomic mass is 19.4. The van der Waals surface area contributed by atoms with Crippen molar-refractivity contribution in [2.24, 2.45) is 5.92 Å². The van der Waals surface area contributed by atoms with Gasteiger partial charge in [0.2, 0.25) is 0 Å². The van der Waals surface area contributed by atoms with Crippen LogP contribution in [-0.4, -0.2) is 42.9 Å². The summed E-state index contributed by atoms with van der Waals surface area (Å²) in [5.41, 5.74) is 0.387. The van der Waals surface area contributed by atoms with Crippen LogP contribution in [0.2, 0.25) is 0 Å². The van der Waals surface area contributed by atoms with Gasteiger partial charge >= 0.3 is 6.18 Å². The highest BCUT2D eigenvalue weighted by molar-refractivity contribution is 5.69. The van der Waals surface area contributed by atoms with Gasteiger partial charge in [0.1, 0.15) is 23.1 Å². The van der Waals surface area contributed by atoms with Crippen LogP contribution in [0, 0.1) is 12.8 Å². The minimum atomic E-state index is -4.44. The van der Waals surface area contributed by atoms with Crippen LogP contribution < -0.4 is 10.1 Å². The lowest BCUT2D eigenvalue weighted by molar-refractivity contribution is -0.137. The normalized spacial score (nSPS) is 16.6. The van der Waals surface area contributed by atoms with E-state index < -0.39 is 11.7 Å². The maximum absolute atomic E-state index is 13.3. The summed E-state index contributed by atoms with van der Waals surface area (Å²) in [5.74, 6) is 2.16. The molecule has 0 unspecified atom stereocenters. The fourth-order valence-corrected chi connectivity index (χ4v) is 5.51. The quantitative estimate of drug-likeness (QED) is 0.259. The molecule has 2 aliphatic carbocycles. The fourth-order valence-electron chi connectivity index (χ4n) is 5.51. The average molecular weight is 595 g/mol. The molecule has 2 heterocycles. The number of nitrogens with zero attached hydrogens (tertiary/aromatic N) is 5. The Morgan fingerprint density at radius 3 is 2.42 bits per heavy atom. The number of nitrogens with one attached hydrogen (secondary N) is 1. The van der Waals surface area contributed by atoms with Crippen molar-refractivity contribution in [3.8, 4) is 17.3 Å². The lowest BCUT2D eigenvalue weighted by Gasteiger charge is -2.32. The van der Waals surface area contributed by atoms with E-state index in [2.05, 4.69) is 27.2 Å². The molecule has 43 heavy (non-hydrogen) atoms. The molecule has 2 saturated carbocycles. The summed E-state index contributed by atoms with van der Waals surface area (Å²) in [6, 6.07) is 8.74. The van der Waals surface area contributed by atoms with Gasteiger partial charge in [0.15, 0.2) is 17.9 Å². The number of alkyl halides is 3. The van der Waals surface area contributed by atoms with Gasteiger partial charge < -0.3 is 14.6 Å². The number of hydrogen-bond acceptors (Lipinski definition) is 7. The average Bonchev–Trinajstić information content (AvgIpc) is 3.00. The second-order valence-electron chi connectivity index (χ2n) is 11.4. The fraction of sp³-hybridized carbons (Fsp3) is 0.469. The van der Waals surface area contributed by atoms with Gasteiger partial charge in [0, 0.05) is 31.0 Å². The van der Waals surface area contributed by atoms with E-state index in [1.165, 1.54) is 25.0 Å². The smallest absolute Gasteiger partial charge is 0.416 e. The zero-order chi connectivity index (χ0) is 30.4.